The van der Waals surface area contributed by atoms with Gasteiger partial charge in [-0.1, -0.05) is 29.4 Å². The number of esters is 1. The fourth-order valence-corrected chi connectivity index (χ4v) is 2.57. The van der Waals surface area contributed by atoms with E-state index in [0.717, 1.165) is 21.6 Å². The van der Waals surface area contributed by atoms with Gasteiger partial charge in [-0.05, 0) is 12.1 Å². The molecule has 0 amide bonds. The zero-order chi connectivity index (χ0) is 14.4. The molecule has 2 rings (SSSR count). The highest BCUT2D eigenvalue weighted by Crippen LogP contribution is 2.16. The maximum absolute atomic E-state index is 11.8. The Bertz CT molecular complexity index is 695. The summed E-state index contributed by atoms with van der Waals surface area (Å²) in [5.74, 6) is 1.84. The molecule has 0 saturated heterocycles. The molecule has 1 aromatic heterocycles. The number of thiazole rings is 1. The lowest BCUT2D eigenvalue weighted by Gasteiger charge is -2.05. The van der Waals surface area contributed by atoms with Gasteiger partial charge >= 0.3 is 10.8 Å². The van der Waals surface area contributed by atoms with Gasteiger partial charge in [-0.2, -0.15) is 0 Å². The van der Waals surface area contributed by atoms with Crippen LogP contribution in [0, 0.1) is 12.3 Å². The van der Waals surface area contributed by atoms with E-state index in [1.807, 2.05) is 18.2 Å². The Labute approximate surface area is 119 Å². The van der Waals surface area contributed by atoms with E-state index in [-0.39, 0.29) is 31.2 Å². The van der Waals surface area contributed by atoms with Gasteiger partial charge < -0.3 is 9.47 Å². The third kappa shape index (κ3) is 3.47. The molecule has 104 valence electrons. The van der Waals surface area contributed by atoms with Gasteiger partial charge in [0.05, 0.1) is 16.8 Å². The molecule has 2 aromatic rings. The Morgan fingerprint density at radius 2 is 2.15 bits per heavy atom. The summed E-state index contributed by atoms with van der Waals surface area (Å²) < 4.78 is 12.2. The number of carbonyl (C=O) groups is 1. The second-order valence-corrected chi connectivity index (χ2v) is 4.89. The number of para-hydroxylation sites is 1. The molecule has 0 aliphatic carbocycles. The molecule has 20 heavy (non-hydrogen) atoms. The lowest BCUT2D eigenvalue weighted by atomic mass is 10.3. The Morgan fingerprint density at radius 1 is 1.35 bits per heavy atom. The minimum Gasteiger partial charge on any atom is -0.462 e. The van der Waals surface area contributed by atoms with Gasteiger partial charge in [0.25, 0.3) is 0 Å². The predicted molar refractivity (Wildman–Crippen MR) is 76.7 cm³/mol. The van der Waals surface area contributed by atoms with Crippen LogP contribution in [-0.2, 0) is 20.8 Å². The zero-order valence-electron chi connectivity index (χ0n) is 10.7. The van der Waals surface area contributed by atoms with Crippen molar-refractivity contribution in [3.8, 4) is 12.3 Å². The number of hydrogen-bond donors (Lipinski definition) is 0. The number of aromatic nitrogens is 1. The molecule has 1 heterocycles. The minimum atomic E-state index is -0.472. The van der Waals surface area contributed by atoms with E-state index in [2.05, 4.69) is 5.92 Å². The summed E-state index contributed by atoms with van der Waals surface area (Å²) in [5, 5.41) is 0. The van der Waals surface area contributed by atoms with Crippen molar-refractivity contribution < 1.29 is 14.3 Å². The molecule has 0 saturated carbocycles. The molecule has 0 aliphatic rings. The number of ether oxygens (including phenoxy) is 2. The maximum atomic E-state index is 11.8. The Hall–Kier alpha value is -2.10. The smallest absolute Gasteiger partial charge is 0.326 e. The molecule has 0 fully saturated rings. The van der Waals surface area contributed by atoms with Gasteiger partial charge in [0.15, 0.2) is 0 Å². The normalized spacial score (nSPS) is 10.3. The third-order valence-electron chi connectivity index (χ3n) is 2.54. The molecule has 6 heteroatoms. The van der Waals surface area contributed by atoms with E-state index < -0.39 is 5.97 Å². The molecule has 0 N–H and O–H groups in total. The lowest BCUT2D eigenvalue weighted by Crippen LogP contribution is -2.22. The molecular formula is C14H13NO4S. The van der Waals surface area contributed by atoms with E-state index in [1.165, 1.54) is 4.57 Å². The number of hydrogen-bond acceptors (Lipinski definition) is 5. The summed E-state index contributed by atoms with van der Waals surface area (Å²) in [6.07, 6.45) is 5.01. The van der Waals surface area contributed by atoms with Crippen molar-refractivity contribution in [2.24, 2.45) is 0 Å². The van der Waals surface area contributed by atoms with Crippen LogP contribution in [0.3, 0.4) is 0 Å². The van der Waals surface area contributed by atoms with Crippen molar-refractivity contribution in [3.63, 3.8) is 0 Å². The summed E-state index contributed by atoms with van der Waals surface area (Å²) >= 11 is 1.11. The van der Waals surface area contributed by atoms with Gasteiger partial charge in [-0.3, -0.25) is 14.2 Å². The average molecular weight is 291 g/mol. The van der Waals surface area contributed by atoms with Gasteiger partial charge in [0.2, 0.25) is 0 Å². The quantitative estimate of drug-likeness (QED) is 0.457. The molecule has 0 radical (unpaired) electrons. The SMILES string of the molecule is C#CCOCCOC(=O)Cn1c(=O)sc2ccccc21. The van der Waals surface area contributed by atoms with E-state index in [9.17, 15) is 9.59 Å². The Kier molecular flexibility index (Phi) is 4.93. The van der Waals surface area contributed by atoms with Crippen LogP contribution >= 0.6 is 11.3 Å². The topological polar surface area (TPSA) is 57.5 Å². The Balaban J connectivity index is 1.95. The van der Waals surface area contributed by atoms with Crippen LogP contribution in [0.15, 0.2) is 29.1 Å². The van der Waals surface area contributed by atoms with Crippen LogP contribution in [0.4, 0.5) is 0 Å². The van der Waals surface area contributed by atoms with Crippen LogP contribution in [-0.4, -0.2) is 30.4 Å². The minimum absolute atomic E-state index is 0.0992. The van der Waals surface area contributed by atoms with E-state index in [0.29, 0.717) is 0 Å². The lowest BCUT2D eigenvalue weighted by molar-refractivity contribution is -0.145. The molecule has 1 aromatic carbocycles. The first kappa shape index (κ1) is 14.3. The molecule has 5 nitrogen and oxygen atoms in total. The van der Waals surface area contributed by atoms with Crippen LogP contribution in [0.5, 0.6) is 0 Å². The number of benzene rings is 1. The Morgan fingerprint density at radius 3 is 2.95 bits per heavy atom. The first-order valence-electron chi connectivity index (χ1n) is 5.97. The zero-order valence-corrected chi connectivity index (χ0v) is 11.5. The van der Waals surface area contributed by atoms with Crippen molar-refractivity contribution in [1.29, 1.82) is 0 Å². The van der Waals surface area contributed by atoms with Crippen molar-refractivity contribution in [3.05, 3.63) is 33.9 Å². The highest BCUT2D eigenvalue weighted by Gasteiger charge is 2.11. The van der Waals surface area contributed by atoms with Crippen LogP contribution < -0.4 is 4.87 Å². The predicted octanol–water partition coefficient (Wildman–Crippen LogP) is 1.26. The number of nitrogens with zero attached hydrogens (tertiary/aromatic N) is 1. The van der Waals surface area contributed by atoms with Crippen LogP contribution in [0.1, 0.15) is 0 Å². The van der Waals surface area contributed by atoms with E-state index in [4.69, 9.17) is 15.9 Å². The van der Waals surface area contributed by atoms with Gasteiger partial charge in [0.1, 0.15) is 19.8 Å². The first-order valence-corrected chi connectivity index (χ1v) is 6.79. The molecule has 0 atom stereocenters. The fraction of sp³-hybridized carbons (Fsp3) is 0.286. The molecular weight excluding hydrogens is 278 g/mol. The molecule has 0 aliphatic heterocycles. The van der Waals surface area contributed by atoms with Gasteiger partial charge in [-0.25, -0.2) is 0 Å². The number of fused-ring (bicyclic) bond motifs is 1. The van der Waals surface area contributed by atoms with Crippen LogP contribution in [0.2, 0.25) is 0 Å². The number of rotatable bonds is 6. The average Bonchev–Trinajstić information content (AvgIpc) is 2.75. The highest BCUT2D eigenvalue weighted by atomic mass is 32.1. The monoisotopic (exact) mass is 291 g/mol. The van der Waals surface area contributed by atoms with Gasteiger partial charge in [0, 0.05) is 0 Å². The largest absolute Gasteiger partial charge is 0.462 e. The summed E-state index contributed by atoms with van der Waals surface area (Å²) in [6, 6.07) is 7.32. The van der Waals surface area contributed by atoms with E-state index >= 15 is 0 Å². The number of terminal acetylenes is 1. The van der Waals surface area contributed by atoms with Crippen molar-refractivity contribution in [2.75, 3.05) is 19.8 Å². The highest BCUT2D eigenvalue weighted by molar-refractivity contribution is 7.16. The van der Waals surface area contributed by atoms with Crippen LogP contribution in [0.25, 0.3) is 10.2 Å². The molecule has 0 spiro atoms. The van der Waals surface area contributed by atoms with Crippen molar-refractivity contribution >= 4 is 27.5 Å². The fourth-order valence-electron chi connectivity index (χ4n) is 1.68. The summed E-state index contributed by atoms with van der Waals surface area (Å²) in [7, 11) is 0. The maximum Gasteiger partial charge on any atom is 0.326 e. The summed E-state index contributed by atoms with van der Waals surface area (Å²) in [6.45, 7) is 0.455. The van der Waals surface area contributed by atoms with Crippen molar-refractivity contribution in [1.82, 2.24) is 4.57 Å². The number of carbonyl (C=O) groups excluding carboxylic acids is 1. The summed E-state index contributed by atoms with van der Waals surface area (Å²) in [4.78, 5) is 23.3. The molecule has 0 bridgehead atoms. The second kappa shape index (κ2) is 6.89. The first-order chi connectivity index (χ1) is 9.72. The second-order valence-electron chi connectivity index (χ2n) is 3.90. The third-order valence-corrected chi connectivity index (χ3v) is 3.50. The summed E-state index contributed by atoms with van der Waals surface area (Å²) in [5.41, 5.74) is 0.739. The molecule has 0 unspecified atom stereocenters. The standard InChI is InChI=1S/C14H13NO4S/c1-2-7-18-8-9-19-13(16)10-15-11-5-3-4-6-12(11)20-14(15)17/h1,3-6H,7-10H2. The van der Waals surface area contributed by atoms with E-state index in [1.54, 1.807) is 6.07 Å². The van der Waals surface area contributed by atoms with Gasteiger partial charge in [-0.15, -0.1) is 6.42 Å². The van der Waals surface area contributed by atoms with Crippen molar-refractivity contribution in [2.45, 2.75) is 6.54 Å².